The zero-order chi connectivity index (χ0) is 14.7. The minimum Gasteiger partial charge on any atom is -0.337 e. The van der Waals surface area contributed by atoms with Gasteiger partial charge in [-0.15, -0.1) is 0 Å². The van der Waals surface area contributed by atoms with Gasteiger partial charge in [-0.3, -0.25) is 4.79 Å². The molecule has 2 heterocycles. The zero-order valence-electron chi connectivity index (χ0n) is 11.6. The number of benzene rings is 1. The number of nitrogens with one attached hydrogen (secondary N) is 1. The third kappa shape index (κ3) is 3.26. The summed E-state index contributed by atoms with van der Waals surface area (Å²) in [6.45, 7) is 1.47. The van der Waals surface area contributed by atoms with Crippen molar-refractivity contribution < 1.29 is 9.18 Å². The van der Waals surface area contributed by atoms with Gasteiger partial charge in [0.15, 0.2) is 5.69 Å². The van der Waals surface area contributed by atoms with Crippen molar-refractivity contribution in [3.05, 3.63) is 47.5 Å². The van der Waals surface area contributed by atoms with Gasteiger partial charge in [0.25, 0.3) is 5.91 Å². The number of nitrogens with zero attached hydrogens (tertiary/aromatic N) is 3. The first-order valence-corrected chi connectivity index (χ1v) is 7.12. The number of hydrogen-bond donors (Lipinski definition) is 1. The molecule has 0 unspecified atom stereocenters. The van der Waals surface area contributed by atoms with Crippen molar-refractivity contribution in [2.45, 2.75) is 19.3 Å². The Morgan fingerprint density at radius 1 is 1.38 bits per heavy atom. The number of halogens is 1. The first-order chi connectivity index (χ1) is 10.2. The Morgan fingerprint density at radius 3 is 2.90 bits per heavy atom. The molecule has 0 saturated carbocycles. The summed E-state index contributed by atoms with van der Waals surface area (Å²) >= 11 is 0. The largest absolute Gasteiger partial charge is 0.337 e. The lowest BCUT2D eigenvalue weighted by molar-refractivity contribution is 0.0667. The molecule has 1 amide bonds. The van der Waals surface area contributed by atoms with Crippen LogP contribution in [0.2, 0.25) is 0 Å². The first-order valence-electron chi connectivity index (χ1n) is 7.12. The number of hydrogen-bond acceptors (Lipinski definition) is 3. The summed E-state index contributed by atoms with van der Waals surface area (Å²) < 4.78 is 12.9. The van der Waals surface area contributed by atoms with E-state index in [-0.39, 0.29) is 11.7 Å². The van der Waals surface area contributed by atoms with Crippen LogP contribution in [0.5, 0.6) is 0 Å². The van der Waals surface area contributed by atoms with Gasteiger partial charge in [-0.05, 0) is 42.9 Å². The SMILES string of the molecule is O=C(c1cn[nH]n1)N1CCC[C@H](Cc2ccc(F)cc2)C1. The van der Waals surface area contributed by atoms with E-state index in [1.54, 1.807) is 0 Å². The van der Waals surface area contributed by atoms with Crippen molar-refractivity contribution in [2.24, 2.45) is 5.92 Å². The number of aromatic amines is 1. The van der Waals surface area contributed by atoms with Crippen LogP contribution in [0.25, 0.3) is 0 Å². The van der Waals surface area contributed by atoms with Crippen molar-refractivity contribution >= 4 is 5.91 Å². The van der Waals surface area contributed by atoms with Gasteiger partial charge in [-0.2, -0.15) is 15.4 Å². The fourth-order valence-corrected chi connectivity index (χ4v) is 2.84. The lowest BCUT2D eigenvalue weighted by Gasteiger charge is -2.32. The topological polar surface area (TPSA) is 61.9 Å². The second-order valence-electron chi connectivity index (χ2n) is 5.45. The summed E-state index contributed by atoms with van der Waals surface area (Å²) in [6.07, 6.45) is 4.38. The summed E-state index contributed by atoms with van der Waals surface area (Å²) in [4.78, 5) is 14.1. The van der Waals surface area contributed by atoms with E-state index in [1.165, 1.54) is 18.3 Å². The molecular weight excluding hydrogens is 271 g/mol. The Kier molecular flexibility index (Phi) is 3.94. The van der Waals surface area contributed by atoms with Crippen molar-refractivity contribution in [2.75, 3.05) is 13.1 Å². The second-order valence-corrected chi connectivity index (χ2v) is 5.45. The highest BCUT2D eigenvalue weighted by molar-refractivity contribution is 5.91. The summed E-state index contributed by atoms with van der Waals surface area (Å²) in [6, 6.07) is 6.59. The van der Waals surface area contributed by atoms with E-state index in [4.69, 9.17) is 0 Å². The molecule has 1 aromatic heterocycles. The van der Waals surface area contributed by atoms with E-state index in [0.717, 1.165) is 31.4 Å². The molecule has 1 aliphatic heterocycles. The number of aromatic nitrogens is 3. The van der Waals surface area contributed by atoms with Crippen LogP contribution in [0.1, 0.15) is 28.9 Å². The van der Waals surface area contributed by atoms with E-state index < -0.39 is 0 Å². The van der Waals surface area contributed by atoms with Crippen LogP contribution in [-0.2, 0) is 6.42 Å². The van der Waals surface area contributed by atoms with Gasteiger partial charge < -0.3 is 4.90 Å². The highest BCUT2D eigenvalue weighted by Gasteiger charge is 2.25. The Hall–Kier alpha value is -2.24. The minimum absolute atomic E-state index is 0.0763. The predicted octanol–water partition coefficient (Wildman–Crippen LogP) is 2.04. The third-order valence-corrected chi connectivity index (χ3v) is 3.88. The molecule has 1 aliphatic rings. The van der Waals surface area contributed by atoms with Gasteiger partial charge in [0.05, 0.1) is 6.20 Å². The number of rotatable bonds is 3. The summed E-state index contributed by atoms with van der Waals surface area (Å²) in [7, 11) is 0. The molecule has 1 saturated heterocycles. The maximum Gasteiger partial charge on any atom is 0.276 e. The molecule has 0 aliphatic carbocycles. The van der Waals surface area contributed by atoms with Crippen LogP contribution >= 0.6 is 0 Å². The number of carbonyl (C=O) groups is 1. The van der Waals surface area contributed by atoms with Gasteiger partial charge >= 0.3 is 0 Å². The molecule has 0 radical (unpaired) electrons. The van der Waals surface area contributed by atoms with E-state index in [9.17, 15) is 9.18 Å². The van der Waals surface area contributed by atoms with Crippen molar-refractivity contribution in [3.8, 4) is 0 Å². The van der Waals surface area contributed by atoms with Crippen LogP contribution in [0.4, 0.5) is 4.39 Å². The molecule has 5 nitrogen and oxygen atoms in total. The van der Waals surface area contributed by atoms with Crippen LogP contribution < -0.4 is 0 Å². The van der Waals surface area contributed by atoms with E-state index in [2.05, 4.69) is 15.4 Å². The smallest absolute Gasteiger partial charge is 0.276 e. The standard InChI is InChI=1S/C15H17FN4O/c16-13-5-3-11(4-6-13)8-12-2-1-7-20(10-12)15(21)14-9-17-19-18-14/h3-6,9,12H,1-2,7-8,10H2,(H,17,18,19)/t12-/m1/s1. The first kappa shape index (κ1) is 13.7. The molecule has 1 fully saturated rings. The third-order valence-electron chi connectivity index (χ3n) is 3.88. The number of likely N-dealkylation sites (tertiary alicyclic amines) is 1. The van der Waals surface area contributed by atoms with Gasteiger partial charge in [0.2, 0.25) is 0 Å². The van der Waals surface area contributed by atoms with Crippen molar-refractivity contribution in [1.29, 1.82) is 0 Å². The monoisotopic (exact) mass is 288 g/mol. The Balaban J connectivity index is 1.63. The van der Waals surface area contributed by atoms with Crippen LogP contribution in [0.15, 0.2) is 30.5 Å². The molecule has 1 N–H and O–H groups in total. The lowest BCUT2D eigenvalue weighted by Crippen LogP contribution is -2.40. The number of piperidine rings is 1. The number of carbonyl (C=O) groups excluding carboxylic acids is 1. The van der Waals surface area contributed by atoms with E-state index in [1.807, 2.05) is 17.0 Å². The lowest BCUT2D eigenvalue weighted by atomic mass is 9.91. The average Bonchev–Trinajstić information content (AvgIpc) is 3.03. The Bertz CT molecular complexity index is 597. The Labute approximate surface area is 122 Å². The molecular formula is C15H17FN4O. The number of H-pyrrole nitrogens is 1. The Morgan fingerprint density at radius 2 is 2.19 bits per heavy atom. The highest BCUT2D eigenvalue weighted by atomic mass is 19.1. The maximum absolute atomic E-state index is 12.9. The molecule has 110 valence electrons. The molecule has 2 aromatic rings. The van der Waals surface area contributed by atoms with Crippen LogP contribution in [0, 0.1) is 11.7 Å². The molecule has 6 heteroatoms. The minimum atomic E-state index is -0.217. The second kappa shape index (κ2) is 6.03. The molecule has 3 rings (SSSR count). The molecule has 21 heavy (non-hydrogen) atoms. The van der Waals surface area contributed by atoms with Gasteiger partial charge in [-0.1, -0.05) is 12.1 Å². The van der Waals surface area contributed by atoms with Crippen LogP contribution in [0.3, 0.4) is 0 Å². The highest BCUT2D eigenvalue weighted by Crippen LogP contribution is 2.22. The molecule has 1 atom stereocenters. The quantitative estimate of drug-likeness (QED) is 0.940. The summed E-state index contributed by atoms with van der Waals surface area (Å²) in [5.74, 6) is 0.109. The normalized spacial score (nSPS) is 18.7. The molecule has 1 aromatic carbocycles. The van der Waals surface area contributed by atoms with Crippen molar-refractivity contribution in [3.63, 3.8) is 0 Å². The molecule has 0 spiro atoms. The number of amides is 1. The summed E-state index contributed by atoms with van der Waals surface area (Å²) in [5.41, 5.74) is 1.47. The van der Waals surface area contributed by atoms with Gasteiger partial charge in [-0.25, -0.2) is 4.39 Å². The van der Waals surface area contributed by atoms with E-state index in [0.29, 0.717) is 18.2 Å². The van der Waals surface area contributed by atoms with Crippen LogP contribution in [-0.4, -0.2) is 39.3 Å². The average molecular weight is 288 g/mol. The van der Waals surface area contributed by atoms with E-state index >= 15 is 0 Å². The van der Waals surface area contributed by atoms with Gasteiger partial charge in [0.1, 0.15) is 5.82 Å². The summed E-state index contributed by atoms with van der Waals surface area (Å²) in [5, 5.41) is 9.98. The van der Waals surface area contributed by atoms with Crippen molar-refractivity contribution in [1.82, 2.24) is 20.3 Å². The van der Waals surface area contributed by atoms with Gasteiger partial charge in [0, 0.05) is 13.1 Å². The fourth-order valence-electron chi connectivity index (χ4n) is 2.84. The fraction of sp³-hybridized carbons (Fsp3) is 0.400. The zero-order valence-corrected chi connectivity index (χ0v) is 11.6. The predicted molar refractivity (Wildman–Crippen MR) is 75.1 cm³/mol. The maximum atomic E-state index is 12.9. The molecule has 0 bridgehead atoms.